The molecule has 2 atom stereocenters. The first-order chi connectivity index (χ1) is 7.31. The first kappa shape index (κ1) is 11.0. The van der Waals surface area contributed by atoms with Gasteiger partial charge in [0.15, 0.2) is 0 Å². The second-order valence-electron chi connectivity index (χ2n) is 4.09. The second-order valence-corrected chi connectivity index (χ2v) is 5.44. The fourth-order valence-corrected chi connectivity index (χ4v) is 3.37. The number of aliphatic hydroxyl groups excluding tert-OH is 1. The molecule has 1 N–H and O–H groups in total. The molecule has 1 aliphatic heterocycles. The van der Waals surface area contributed by atoms with E-state index in [4.69, 9.17) is 0 Å². The molecule has 1 nitrogen and oxygen atoms in total. The van der Waals surface area contributed by atoms with Crippen molar-refractivity contribution in [3.63, 3.8) is 0 Å². The fourth-order valence-electron chi connectivity index (χ4n) is 2.06. The molecular weight excluding hydrogens is 204 g/mol. The van der Waals surface area contributed by atoms with E-state index in [9.17, 15) is 5.11 Å². The number of hydrogen-bond acceptors (Lipinski definition) is 2. The molecule has 2 heteroatoms. The Balaban J connectivity index is 2.13. The van der Waals surface area contributed by atoms with E-state index in [0.717, 1.165) is 18.4 Å². The lowest BCUT2D eigenvalue weighted by atomic mass is 10.0. The molecule has 0 radical (unpaired) electrons. The van der Waals surface area contributed by atoms with Gasteiger partial charge in [-0.05, 0) is 36.1 Å². The van der Waals surface area contributed by atoms with Gasteiger partial charge in [-0.25, -0.2) is 0 Å². The molecule has 1 saturated heterocycles. The molecule has 1 aromatic rings. The molecule has 1 aliphatic rings. The summed E-state index contributed by atoms with van der Waals surface area (Å²) in [5.41, 5.74) is 2.41. The molecule has 82 valence electrons. The molecule has 0 aliphatic carbocycles. The minimum atomic E-state index is -0.274. The Bertz CT molecular complexity index is 318. The van der Waals surface area contributed by atoms with Crippen molar-refractivity contribution in [3.05, 3.63) is 35.4 Å². The molecule has 1 heterocycles. The highest BCUT2D eigenvalue weighted by Crippen LogP contribution is 2.35. The molecule has 0 amide bonds. The maximum atomic E-state index is 10.2. The van der Waals surface area contributed by atoms with Crippen LogP contribution in [0.15, 0.2) is 24.3 Å². The highest BCUT2D eigenvalue weighted by atomic mass is 32.2. The first-order valence-electron chi connectivity index (χ1n) is 5.69. The summed E-state index contributed by atoms with van der Waals surface area (Å²) in [7, 11) is 0. The number of aryl methyl sites for hydroxylation is 1. The van der Waals surface area contributed by atoms with E-state index in [0.29, 0.717) is 5.25 Å². The Hall–Kier alpha value is -0.470. The summed E-state index contributed by atoms with van der Waals surface area (Å²) < 4.78 is 0. The summed E-state index contributed by atoms with van der Waals surface area (Å²) in [6.07, 6.45) is 3.17. The van der Waals surface area contributed by atoms with Gasteiger partial charge < -0.3 is 5.11 Å². The van der Waals surface area contributed by atoms with E-state index >= 15 is 0 Å². The van der Waals surface area contributed by atoms with E-state index in [1.807, 2.05) is 17.8 Å². The molecule has 0 saturated carbocycles. The van der Waals surface area contributed by atoms with Gasteiger partial charge in [-0.3, -0.25) is 0 Å². The minimum absolute atomic E-state index is 0.274. The van der Waals surface area contributed by atoms with Gasteiger partial charge in [0, 0.05) is 5.25 Å². The third-order valence-corrected chi connectivity index (χ3v) is 4.46. The Morgan fingerprint density at radius 3 is 3.07 bits per heavy atom. The standard InChI is InChI=1S/C13H18OS/c1-2-10-5-3-6-11(9-10)13(14)12-7-4-8-15-12/h3,5-6,9,12-14H,2,4,7-8H2,1H3. The van der Waals surface area contributed by atoms with Gasteiger partial charge in [-0.1, -0.05) is 31.2 Å². The van der Waals surface area contributed by atoms with Crippen LogP contribution in [0.3, 0.4) is 0 Å². The topological polar surface area (TPSA) is 20.2 Å². The van der Waals surface area contributed by atoms with Gasteiger partial charge in [0.2, 0.25) is 0 Å². The summed E-state index contributed by atoms with van der Waals surface area (Å²) in [5, 5.41) is 10.6. The predicted molar refractivity (Wildman–Crippen MR) is 66.3 cm³/mol. The Morgan fingerprint density at radius 1 is 1.53 bits per heavy atom. The monoisotopic (exact) mass is 222 g/mol. The van der Waals surface area contributed by atoms with Crippen molar-refractivity contribution in [2.75, 3.05) is 5.75 Å². The number of hydrogen-bond donors (Lipinski definition) is 1. The highest BCUT2D eigenvalue weighted by Gasteiger charge is 2.24. The van der Waals surface area contributed by atoms with E-state index in [2.05, 4.69) is 25.1 Å². The van der Waals surface area contributed by atoms with Crippen molar-refractivity contribution in [3.8, 4) is 0 Å². The van der Waals surface area contributed by atoms with Crippen LogP contribution < -0.4 is 0 Å². The quantitative estimate of drug-likeness (QED) is 0.847. The zero-order valence-electron chi connectivity index (χ0n) is 9.15. The van der Waals surface area contributed by atoms with Gasteiger partial charge in [0.25, 0.3) is 0 Å². The minimum Gasteiger partial charge on any atom is -0.387 e. The molecule has 2 rings (SSSR count). The summed E-state index contributed by atoms with van der Waals surface area (Å²) in [4.78, 5) is 0. The van der Waals surface area contributed by atoms with Crippen LogP contribution in [0.5, 0.6) is 0 Å². The molecule has 15 heavy (non-hydrogen) atoms. The van der Waals surface area contributed by atoms with Crippen LogP contribution in [0.4, 0.5) is 0 Å². The van der Waals surface area contributed by atoms with Gasteiger partial charge in [-0.15, -0.1) is 0 Å². The Labute approximate surface area is 95.9 Å². The number of thioether (sulfide) groups is 1. The number of rotatable bonds is 3. The number of aliphatic hydroxyl groups is 1. The van der Waals surface area contributed by atoms with Crippen molar-refractivity contribution < 1.29 is 5.11 Å². The summed E-state index contributed by atoms with van der Waals surface area (Å²) in [5.74, 6) is 1.20. The van der Waals surface area contributed by atoms with Gasteiger partial charge in [0.05, 0.1) is 6.10 Å². The van der Waals surface area contributed by atoms with Gasteiger partial charge in [-0.2, -0.15) is 11.8 Å². The SMILES string of the molecule is CCc1cccc(C(O)C2CCCS2)c1. The molecule has 1 aromatic carbocycles. The van der Waals surface area contributed by atoms with E-state index < -0.39 is 0 Å². The van der Waals surface area contributed by atoms with Crippen molar-refractivity contribution in [2.45, 2.75) is 37.5 Å². The van der Waals surface area contributed by atoms with Crippen LogP contribution in [0.1, 0.15) is 37.0 Å². The fraction of sp³-hybridized carbons (Fsp3) is 0.538. The van der Waals surface area contributed by atoms with Crippen molar-refractivity contribution in [1.29, 1.82) is 0 Å². The zero-order chi connectivity index (χ0) is 10.7. The molecule has 0 aromatic heterocycles. The molecule has 1 fully saturated rings. The Morgan fingerprint density at radius 2 is 2.40 bits per heavy atom. The van der Waals surface area contributed by atoms with E-state index in [1.165, 1.54) is 17.7 Å². The van der Waals surface area contributed by atoms with Crippen LogP contribution in [-0.2, 0) is 6.42 Å². The van der Waals surface area contributed by atoms with Crippen molar-refractivity contribution >= 4 is 11.8 Å². The lowest BCUT2D eigenvalue weighted by molar-refractivity contribution is 0.173. The van der Waals surface area contributed by atoms with Crippen molar-refractivity contribution in [2.24, 2.45) is 0 Å². The second kappa shape index (κ2) is 5.04. The zero-order valence-corrected chi connectivity index (χ0v) is 9.96. The maximum Gasteiger partial charge on any atom is 0.0908 e. The first-order valence-corrected chi connectivity index (χ1v) is 6.74. The average Bonchev–Trinajstić information content (AvgIpc) is 2.81. The van der Waals surface area contributed by atoms with Crippen LogP contribution in [-0.4, -0.2) is 16.1 Å². The average molecular weight is 222 g/mol. The maximum absolute atomic E-state index is 10.2. The summed E-state index contributed by atoms with van der Waals surface area (Å²) in [6, 6.07) is 8.36. The largest absolute Gasteiger partial charge is 0.387 e. The van der Waals surface area contributed by atoms with Crippen LogP contribution in [0.2, 0.25) is 0 Å². The summed E-state index contributed by atoms with van der Waals surface area (Å²) in [6.45, 7) is 2.15. The van der Waals surface area contributed by atoms with E-state index in [1.54, 1.807) is 0 Å². The lowest BCUT2D eigenvalue weighted by Crippen LogP contribution is -2.11. The van der Waals surface area contributed by atoms with Crippen LogP contribution in [0.25, 0.3) is 0 Å². The molecule has 0 bridgehead atoms. The normalized spacial score (nSPS) is 22.9. The lowest BCUT2D eigenvalue weighted by Gasteiger charge is -2.17. The number of benzene rings is 1. The molecular formula is C13H18OS. The molecule has 2 unspecified atom stereocenters. The van der Waals surface area contributed by atoms with Crippen molar-refractivity contribution in [1.82, 2.24) is 0 Å². The Kier molecular flexibility index (Phi) is 3.71. The van der Waals surface area contributed by atoms with Gasteiger partial charge in [0.1, 0.15) is 0 Å². The highest BCUT2D eigenvalue weighted by molar-refractivity contribution is 8.00. The smallest absolute Gasteiger partial charge is 0.0908 e. The van der Waals surface area contributed by atoms with E-state index in [-0.39, 0.29) is 6.10 Å². The third kappa shape index (κ3) is 2.56. The summed E-state index contributed by atoms with van der Waals surface area (Å²) >= 11 is 1.91. The van der Waals surface area contributed by atoms with Crippen LogP contribution >= 0.6 is 11.8 Å². The molecule has 0 spiro atoms. The predicted octanol–water partition coefficient (Wildman–Crippen LogP) is 3.18. The van der Waals surface area contributed by atoms with Gasteiger partial charge >= 0.3 is 0 Å². The third-order valence-electron chi connectivity index (χ3n) is 3.02. The van der Waals surface area contributed by atoms with Crippen LogP contribution in [0, 0.1) is 0 Å².